The molecular formula is C61H112O6. The summed E-state index contributed by atoms with van der Waals surface area (Å²) in [6.45, 7) is 6.51. The van der Waals surface area contributed by atoms with Crippen molar-refractivity contribution in [1.29, 1.82) is 0 Å². The van der Waals surface area contributed by atoms with Crippen LogP contribution >= 0.6 is 0 Å². The summed E-state index contributed by atoms with van der Waals surface area (Å²) in [5.74, 6) is -0.900. The number of hydrogen-bond donors (Lipinski definition) is 0. The molecule has 0 saturated heterocycles. The Bertz CT molecular complexity index is 1130. The molecule has 0 aromatic rings. The highest BCUT2D eigenvalue weighted by atomic mass is 16.6. The van der Waals surface area contributed by atoms with E-state index < -0.39 is 6.10 Å². The van der Waals surface area contributed by atoms with Crippen LogP contribution in [0.1, 0.15) is 316 Å². The third-order valence-electron chi connectivity index (χ3n) is 13.2. The molecule has 0 radical (unpaired) electrons. The molecule has 6 nitrogen and oxygen atoms in total. The van der Waals surface area contributed by atoms with Crippen molar-refractivity contribution in [3.63, 3.8) is 0 Å². The van der Waals surface area contributed by atoms with Crippen LogP contribution < -0.4 is 0 Å². The van der Waals surface area contributed by atoms with Crippen molar-refractivity contribution in [2.24, 2.45) is 0 Å². The highest BCUT2D eigenvalue weighted by Crippen LogP contribution is 2.17. The van der Waals surface area contributed by atoms with Crippen molar-refractivity contribution < 1.29 is 28.6 Å². The van der Waals surface area contributed by atoms with Gasteiger partial charge >= 0.3 is 17.9 Å². The second kappa shape index (κ2) is 56.2. The van der Waals surface area contributed by atoms with Crippen LogP contribution in [0, 0.1) is 0 Å². The predicted molar refractivity (Wildman–Crippen MR) is 289 cm³/mol. The smallest absolute Gasteiger partial charge is 0.306 e. The van der Waals surface area contributed by atoms with E-state index in [2.05, 4.69) is 57.2 Å². The predicted octanol–water partition coefficient (Wildman–Crippen LogP) is 19.7. The van der Waals surface area contributed by atoms with Crippen molar-refractivity contribution in [2.45, 2.75) is 322 Å². The molecule has 0 fully saturated rings. The van der Waals surface area contributed by atoms with Crippen molar-refractivity contribution in [3.8, 4) is 0 Å². The lowest BCUT2D eigenvalue weighted by molar-refractivity contribution is -0.167. The van der Waals surface area contributed by atoms with Crippen LogP contribution in [-0.4, -0.2) is 37.2 Å². The summed E-state index contributed by atoms with van der Waals surface area (Å²) in [6, 6.07) is 0. The molecule has 0 bridgehead atoms. The van der Waals surface area contributed by atoms with E-state index in [4.69, 9.17) is 14.2 Å². The summed E-state index contributed by atoms with van der Waals surface area (Å²) in [4.78, 5) is 37.9. The molecule has 0 N–H and O–H groups in total. The Hall–Kier alpha value is -2.37. The quantitative estimate of drug-likeness (QED) is 0.0262. The molecule has 6 heteroatoms. The fraction of sp³-hybridized carbons (Fsp3) is 0.852. The van der Waals surface area contributed by atoms with E-state index in [0.717, 1.165) is 83.5 Å². The lowest BCUT2D eigenvalue weighted by Crippen LogP contribution is -2.30. The van der Waals surface area contributed by atoms with Gasteiger partial charge in [-0.15, -0.1) is 0 Å². The van der Waals surface area contributed by atoms with Gasteiger partial charge in [-0.2, -0.15) is 0 Å². The first-order valence-electron chi connectivity index (χ1n) is 29.5. The first-order chi connectivity index (χ1) is 33.0. The van der Waals surface area contributed by atoms with Crippen molar-refractivity contribution >= 4 is 17.9 Å². The Kier molecular flexibility index (Phi) is 54.2. The molecular weight excluding hydrogens is 829 g/mol. The molecule has 0 saturated carbocycles. The van der Waals surface area contributed by atoms with Gasteiger partial charge in [0.1, 0.15) is 13.2 Å². The second-order valence-corrected chi connectivity index (χ2v) is 19.9. The van der Waals surface area contributed by atoms with E-state index in [1.165, 1.54) is 193 Å². The molecule has 0 spiro atoms. The number of ether oxygens (including phenoxy) is 3. The van der Waals surface area contributed by atoms with E-state index in [-0.39, 0.29) is 31.1 Å². The number of allylic oxidation sites excluding steroid dienone is 6. The van der Waals surface area contributed by atoms with E-state index in [9.17, 15) is 14.4 Å². The molecule has 0 aromatic carbocycles. The summed E-state index contributed by atoms with van der Waals surface area (Å²) in [7, 11) is 0. The molecule has 0 aromatic heterocycles. The van der Waals surface area contributed by atoms with Gasteiger partial charge in [-0.05, 0) is 51.4 Å². The highest BCUT2D eigenvalue weighted by molar-refractivity contribution is 5.71. The minimum atomic E-state index is -0.781. The van der Waals surface area contributed by atoms with Gasteiger partial charge in [0.05, 0.1) is 0 Å². The maximum atomic E-state index is 12.8. The fourth-order valence-electron chi connectivity index (χ4n) is 8.75. The van der Waals surface area contributed by atoms with Crippen LogP contribution in [0.5, 0.6) is 0 Å². The minimum Gasteiger partial charge on any atom is -0.462 e. The molecule has 0 aliphatic carbocycles. The number of rotatable bonds is 54. The number of unbranched alkanes of at least 4 members (excludes halogenated alkanes) is 37. The van der Waals surface area contributed by atoms with Gasteiger partial charge in [-0.25, -0.2) is 0 Å². The lowest BCUT2D eigenvalue weighted by atomic mass is 10.0. The zero-order valence-corrected chi connectivity index (χ0v) is 44.9. The molecule has 0 amide bonds. The molecule has 1 atom stereocenters. The van der Waals surface area contributed by atoms with Crippen LogP contribution in [0.25, 0.3) is 0 Å². The van der Waals surface area contributed by atoms with Gasteiger partial charge < -0.3 is 14.2 Å². The lowest BCUT2D eigenvalue weighted by Gasteiger charge is -2.18. The summed E-state index contributed by atoms with van der Waals surface area (Å²) >= 11 is 0. The zero-order chi connectivity index (χ0) is 48.6. The monoisotopic (exact) mass is 941 g/mol. The standard InChI is InChI=1S/C61H112O6/c1-4-7-10-13-16-19-21-23-24-25-26-27-28-29-30-31-32-33-34-35-36-37-39-40-42-45-48-51-54-60(63)66-57-58(56-65-59(62)53-50-47-44-18-15-12-9-6-3)67-61(64)55-52-49-46-43-41-38-22-20-17-14-11-8-5-2/h8,11,17,20,38,41,58H,4-7,9-10,12-16,18-19,21-37,39-40,42-57H2,1-3H3/b11-8-,20-17-,41-38-. The maximum absolute atomic E-state index is 12.8. The Morgan fingerprint density at radius 1 is 0.313 bits per heavy atom. The van der Waals surface area contributed by atoms with Crippen molar-refractivity contribution in [2.75, 3.05) is 13.2 Å². The third-order valence-corrected chi connectivity index (χ3v) is 13.2. The molecule has 0 aliphatic rings. The number of carbonyl (C=O) groups is 3. The van der Waals surface area contributed by atoms with Crippen molar-refractivity contribution in [1.82, 2.24) is 0 Å². The van der Waals surface area contributed by atoms with Crippen LogP contribution in [-0.2, 0) is 28.6 Å². The second-order valence-electron chi connectivity index (χ2n) is 19.9. The Labute approximate surface area is 416 Å². The highest BCUT2D eigenvalue weighted by Gasteiger charge is 2.19. The third kappa shape index (κ3) is 54.4. The molecule has 1 unspecified atom stereocenters. The number of esters is 3. The topological polar surface area (TPSA) is 78.9 Å². The fourth-order valence-corrected chi connectivity index (χ4v) is 8.75. The van der Waals surface area contributed by atoms with Gasteiger partial charge in [0.25, 0.3) is 0 Å². The van der Waals surface area contributed by atoms with Gasteiger partial charge in [-0.1, -0.05) is 282 Å². The molecule has 392 valence electrons. The summed E-state index contributed by atoms with van der Waals surface area (Å²) < 4.78 is 16.8. The van der Waals surface area contributed by atoms with Crippen LogP contribution in [0.2, 0.25) is 0 Å². The zero-order valence-electron chi connectivity index (χ0n) is 44.9. The first kappa shape index (κ1) is 64.6. The van der Waals surface area contributed by atoms with E-state index in [1.807, 2.05) is 0 Å². The maximum Gasteiger partial charge on any atom is 0.306 e. The Morgan fingerprint density at radius 2 is 0.582 bits per heavy atom. The van der Waals surface area contributed by atoms with Crippen LogP contribution in [0.15, 0.2) is 36.5 Å². The summed E-state index contributed by atoms with van der Waals surface area (Å²) in [5.41, 5.74) is 0. The summed E-state index contributed by atoms with van der Waals surface area (Å²) in [5, 5.41) is 0. The average Bonchev–Trinajstić information content (AvgIpc) is 3.33. The van der Waals surface area contributed by atoms with Gasteiger partial charge in [0.2, 0.25) is 0 Å². The molecule has 0 aliphatic heterocycles. The van der Waals surface area contributed by atoms with Gasteiger partial charge in [0, 0.05) is 19.3 Å². The Morgan fingerprint density at radius 3 is 0.910 bits per heavy atom. The molecule has 0 heterocycles. The normalized spacial score (nSPS) is 12.2. The largest absolute Gasteiger partial charge is 0.462 e. The number of hydrogen-bond acceptors (Lipinski definition) is 6. The average molecular weight is 942 g/mol. The van der Waals surface area contributed by atoms with E-state index >= 15 is 0 Å². The molecule has 0 rings (SSSR count). The van der Waals surface area contributed by atoms with Crippen LogP contribution in [0.3, 0.4) is 0 Å². The molecule has 67 heavy (non-hydrogen) atoms. The minimum absolute atomic E-state index is 0.0801. The SMILES string of the molecule is CC/C=C\C/C=C\C/C=C\CCCCCC(=O)OC(COC(=O)CCCCCCCCCC)COC(=O)CCCCCCCCCCCCCCCCCCCCCCCCCCCCCC. The Balaban J connectivity index is 4.04. The summed E-state index contributed by atoms with van der Waals surface area (Å²) in [6.07, 6.45) is 67.6. The van der Waals surface area contributed by atoms with Crippen LogP contribution in [0.4, 0.5) is 0 Å². The van der Waals surface area contributed by atoms with Gasteiger partial charge in [-0.3, -0.25) is 14.4 Å². The van der Waals surface area contributed by atoms with Gasteiger partial charge in [0.15, 0.2) is 6.10 Å². The van der Waals surface area contributed by atoms with E-state index in [1.54, 1.807) is 0 Å². The number of carbonyl (C=O) groups excluding carboxylic acids is 3. The van der Waals surface area contributed by atoms with E-state index in [0.29, 0.717) is 19.3 Å². The first-order valence-corrected chi connectivity index (χ1v) is 29.5. The van der Waals surface area contributed by atoms with Crippen molar-refractivity contribution in [3.05, 3.63) is 36.5 Å².